The van der Waals surface area contributed by atoms with Gasteiger partial charge in [0, 0.05) is 12.3 Å². The summed E-state index contributed by atoms with van der Waals surface area (Å²) in [6.07, 6.45) is 1.39. The highest BCUT2D eigenvalue weighted by atomic mass is 17.0. The van der Waals surface area contributed by atoms with Crippen molar-refractivity contribution in [2.75, 3.05) is 0 Å². The van der Waals surface area contributed by atoms with Crippen LogP contribution in [-0.2, 0) is 0 Å². The molecule has 0 N–H and O–H groups in total. The highest BCUT2D eigenvalue weighted by Crippen LogP contribution is 2.34. The van der Waals surface area contributed by atoms with Gasteiger partial charge in [-0.25, -0.2) is 0 Å². The molecule has 2 rings (SSSR count). The topological polar surface area (TPSA) is 108 Å². The van der Waals surface area contributed by atoms with E-state index in [-0.39, 0.29) is 27.9 Å². The minimum Gasteiger partial charge on any atom is -0.274 e. The molecule has 0 bridgehead atoms. The standard InChI is InChI=1S/C10H7N3O5/c1-6-5-8(12(14)15)7-3-2-4-11-9(7)10(6)18-13(16)17/h2-5H,1H3. The molecule has 1 heterocycles. The molecule has 0 aliphatic carbocycles. The first kappa shape index (κ1) is 11.7. The van der Waals surface area contributed by atoms with Crippen LogP contribution in [0, 0.1) is 27.2 Å². The normalized spacial score (nSPS) is 10.3. The maximum absolute atomic E-state index is 10.9. The smallest absolute Gasteiger partial charge is 0.274 e. The van der Waals surface area contributed by atoms with Crippen LogP contribution in [0.25, 0.3) is 10.9 Å². The highest BCUT2D eigenvalue weighted by molar-refractivity contribution is 5.93. The first-order valence-corrected chi connectivity index (χ1v) is 4.86. The third kappa shape index (κ3) is 1.90. The Morgan fingerprint density at radius 1 is 1.33 bits per heavy atom. The first-order chi connectivity index (χ1) is 8.50. The molecule has 0 saturated carbocycles. The number of aromatic nitrogens is 1. The molecular formula is C10H7N3O5. The first-order valence-electron chi connectivity index (χ1n) is 4.86. The number of nitro groups is 1. The Kier molecular flexibility index (Phi) is 2.76. The Hall–Kier alpha value is -2.77. The number of fused-ring (bicyclic) bond motifs is 1. The van der Waals surface area contributed by atoms with E-state index < -0.39 is 10.0 Å². The second-order valence-corrected chi connectivity index (χ2v) is 3.51. The van der Waals surface area contributed by atoms with E-state index in [9.17, 15) is 20.2 Å². The molecule has 18 heavy (non-hydrogen) atoms. The van der Waals surface area contributed by atoms with E-state index in [2.05, 4.69) is 9.82 Å². The molecule has 0 saturated heterocycles. The van der Waals surface area contributed by atoms with Gasteiger partial charge in [-0.2, -0.15) is 0 Å². The Bertz CT molecular complexity index is 655. The van der Waals surface area contributed by atoms with Crippen molar-refractivity contribution < 1.29 is 14.8 Å². The van der Waals surface area contributed by atoms with Crippen LogP contribution in [0.15, 0.2) is 24.4 Å². The van der Waals surface area contributed by atoms with Crippen molar-refractivity contribution in [3.05, 3.63) is 50.2 Å². The summed E-state index contributed by atoms with van der Waals surface area (Å²) in [4.78, 5) is 29.1. The molecule has 2 aromatic rings. The van der Waals surface area contributed by atoms with Crippen LogP contribution < -0.4 is 4.84 Å². The SMILES string of the molecule is Cc1cc([N+](=O)[O-])c2cccnc2c1O[N+](=O)[O-]. The Morgan fingerprint density at radius 2 is 2.06 bits per heavy atom. The Balaban J connectivity index is 2.81. The predicted molar refractivity (Wildman–Crippen MR) is 60.8 cm³/mol. The third-order valence-electron chi connectivity index (χ3n) is 2.37. The highest BCUT2D eigenvalue weighted by Gasteiger charge is 2.19. The molecular weight excluding hydrogens is 242 g/mol. The van der Waals surface area contributed by atoms with Gasteiger partial charge in [-0.15, -0.1) is 10.1 Å². The van der Waals surface area contributed by atoms with Crippen LogP contribution in [0.4, 0.5) is 5.69 Å². The molecule has 0 aliphatic heterocycles. The molecule has 0 aliphatic rings. The average molecular weight is 249 g/mol. The average Bonchev–Trinajstić information content (AvgIpc) is 2.31. The van der Waals surface area contributed by atoms with Gasteiger partial charge >= 0.3 is 0 Å². The van der Waals surface area contributed by atoms with E-state index in [1.807, 2.05) is 0 Å². The summed E-state index contributed by atoms with van der Waals surface area (Å²) in [7, 11) is 0. The largest absolute Gasteiger partial charge is 0.299 e. The zero-order valence-electron chi connectivity index (χ0n) is 9.19. The number of nitrogens with zero attached hydrogens (tertiary/aromatic N) is 3. The van der Waals surface area contributed by atoms with Crippen LogP contribution in [0.2, 0.25) is 0 Å². The van der Waals surface area contributed by atoms with Crippen molar-refractivity contribution >= 4 is 16.6 Å². The van der Waals surface area contributed by atoms with Crippen LogP contribution in [-0.4, -0.2) is 15.0 Å². The number of non-ortho nitro benzene ring substituents is 1. The molecule has 0 fully saturated rings. The fraction of sp³-hybridized carbons (Fsp3) is 0.100. The Labute approximate surface area is 100 Å². The lowest BCUT2D eigenvalue weighted by Gasteiger charge is -2.07. The van der Waals surface area contributed by atoms with Crippen LogP contribution in [0.3, 0.4) is 0 Å². The molecule has 0 atom stereocenters. The van der Waals surface area contributed by atoms with Crippen LogP contribution in [0.5, 0.6) is 5.75 Å². The molecule has 0 amide bonds. The Morgan fingerprint density at radius 3 is 2.67 bits per heavy atom. The van der Waals surface area contributed by atoms with Crippen LogP contribution in [0.1, 0.15) is 5.56 Å². The number of rotatable bonds is 3. The van der Waals surface area contributed by atoms with Gasteiger partial charge < -0.3 is 0 Å². The quantitative estimate of drug-likeness (QED) is 0.608. The number of nitro benzene ring substituents is 1. The van der Waals surface area contributed by atoms with E-state index in [0.717, 1.165) is 0 Å². The van der Waals surface area contributed by atoms with Crippen molar-refractivity contribution in [1.29, 1.82) is 0 Å². The van der Waals surface area contributed by atoms with Crippen molar-refractivity contribution in [2.24, 2.45) is 0 Å². The fourth-order valence-electron chi connectivity index (χ4n) is 1.67. The van der Waals surface area contributed by atoms with Crippen molar-refractivity contribution in [1.82, 2.24) is 4.98 Å². The number of pyridine rings is 1. The van der Waals surface area contributed by atoms with Gasteiger partial charge in [0.25, 0.3) is 10.8 Å². The van der Waals surface area contributed by atoms with Gasteiger partial charge in [0.1, 0.15) is 5.52 Å². The van der Waals surface area contributed by atoms with Crippen molar-refractivity contribution in [3.8, 4) is 5.75 Å². The summed E-state index contributed by atoms with van der Waals surface area (Å²) in [5.74, 6) is -0.0822. The van der Waals surface area contributed by atoms with Crippen molar-refractivity contribution in [3.63, 3.8) is 0 Å². The second-order valence-electron chi connectivity index (χ2n) is 3.51. The van der Waals surface area contributed by atoms with Gasteiger partial charge in [0.15, 0.2) is 5.75 Å². The van der Waals surface area contributed by atoms with Gasteiger partial charge in [-0.05, 0) is 24.6 Å². The minimum atomic E-state index is -0.970. The van der Waals surface area contributed by atoms with E-state index >= 15 is 0 Å². The zero-order valence-corrected chi connectivity index (χ0v) is 9.19. The molecule has 92 valence electrons. The monoisotopic (exact) mass is 249 g/mol. The molecule has 8 heteroatoms. The molecule has 8 nitrogen and oxygen atoms in total. The number of hydrogen-bond acceptors (Lipinski definition) is 6. The molecule has 1 aromatic carbocycles. The lowest BCUT2D eigenvalue weighted by Crippen LogP contribution is -2.06. The van der Waals surface area contributed by atoms with Gasteiger partial charge in [0.05, 0.1) is 10.3 Å². The van der Waals surface area contributed by atoms with E-state index in [1.165, 1.54) is 31.3 Å². The lowest BCUT2D eigenvalue weighted by molar-refractivity contribution is -0.710. The minimum absolute atomic E-state index is 0.0822. The molecule has 1 aromatic heterocycles. The van der Waals surface area contributed by atoms with E-state index in [4.69, 9.17) is 0 Å². The van der Waals surface area contributed by atoms with E-state index in [0.29, 0.717) is 0 Å². The number of hydrogen-bond donors (Lipinski definition) is 0. The van der Waals surface area contributed by atoms with Gasteiger partial charge in [0.2, 0.25) is 0 Å². The number of aryl methyl sites for hydroxylation is 1. The van der Waals surface area contributed by atoms with Crippen molar-refractivity contribution in [2.45, 2.75) is 6.92 Å². The predicted octanol–water partition coefficient (Wildman–Crippen LogP) is 2.02. The number of benzene rings is 1. The summed E-state index contributed by atoms with van der Waals surface area (Å²) in [6, 6.07) is 4.20. The second kappa shape index (κ2) is 4.24. The fourth-order valence-corrected chi connectivity index (χ4v) is 1.67. The maximum Gasteiger partial charge on any atom is 0.299 e. The summed E-state index contributed by atoms with van der Waals surface area (Å²) < 4.78 is 0. The maximum atomic E-state index is 10.9. The molecule has 0 spiro atoms. The molecule has 0 radical (unpaired) electrons. The summed E-state index contributed by atoms with van der Waals surface area (Å²) in [5, 5.41) is 20.5. The van der Waals surface area contributed by atoms with Crippen LogP contribution >= 0.6 is 0 Å². The summed E-state index contributed by atoms with van der Waals surface area (Å²) in [6.45, 7) is 1.49. The summed E-state index contributed by atoms with van der Waals surface area (Å²) in [5.41, 5.74) is 0.219. The van der Waals surface area contributed by atoms with Gasteiger partial charge in [-0.1, -0.05) is 0 Å². The lowest BCUT2D eigenvalue weighted by atomic mass is 10.1. The third-order valence-corrected chi connectivity index (χ3v) is 2.37. The molecule has 0 unspecified atom stereocenters. The van der Waals surface area contributed by atoms with E-state index in [1.54, 1.807) is 0 Å². The summed E-state index contributed by atoms with van der Waals surface area (Å²) >= 11 is 0. The zero-order chi connectivity index (χ0) is 13.3. The van der Waals surface area contributed by atoms with Gasteiger partial charge in [-0.3, -0.25) is 19.9 Å².